The molecule has 1 aliphatic rings. The first-order valence-corrected chi connectivity index (χ1v) is 5.75. The van der Waals surface area contributed by atoms with Gasteiger partial charge in [0.2, 0.25) is 0 Å². The number of para-hydroxylation sites is 2. The molecule has 1 aliphatic heterocycles. The zero-order chi connectivity index (χ0) is 12.7. The molecule has 3 heteroatoms. The van der Waals surface area contributed by atoms with Crippen LogP contribution in [-0.2, 0) is 0 Å². The number of hydrogen-bond acceptors (Lipinski definition) is 3. The van der Waals surface area contributed by atoms with E-state index in [1.807, 2.05) is 55.6 Å². The Morgan fingerprint density at radius 3 is 1.72 bits per heavy atom. The van der Waals surface area contributed by atoms with E-state index in [1.54, 1.807) is 0 Å². The molecule has 0 saturated heterocycles. The SMILES string of the molecule is CN1c2ccccc2C(=C(O)O)c2ccccc21. The van der Waals surface area contributed by atoms with Crippen molar-refractivity contribution in [2.24, 2.45) is 0 Å². The fraction of sp³-hybridized carbons (Fsp3) is 0.0667. The van der Waals surface area contributed by atoms with Crippen molar-refractivity contribution >= 4 is 16.9 Å². The topological polar surface area (TPSA) is 43.7 Å². The molecule has 0 unspecified atom stereocenters. The number of benzene rings is 2. The average molecular weight is 239 g/mol. The van der Waals surface area contributed by atoms with Gasteiger partial charge in [0, 0.05) is 29.5 Å². The molecule has 1 heterocycles. The second-order valence-electron chi connectivity index (χ2n) is 4.29. The zero-order valence-electron chi connectivity index (χ0n) is 9.96. The van der Waals surface area contributed by atoms with Crippen molar-refractivity contribution in [2.75, 3.05) is 11.9 Å². The van der Waals surface area contributed by atoms with E-state index >= 15 is 0 Å². The monoisotopic (exact) mass is 239 g/mol. The van der Waals surface area contributed by atoms with E-state index in [2.05, 4.69) is 4.90 Å². The summed E-state index contributed by atoms with van der Waals surface area (Å²) in [5.41, 5.74) is 4.08. The van der Waals surface area contributed by atoms with Gasteiger partial charge in [-0.1, -0.05) is 36.4 Å². The van der Waals surface area contributed by atoms with Crippen molar-refractivity contribution in [3.05, 3.63) is 65.6 Å². The van der Waals surface area contributed by atoms with Crippen molar-refractivity contribution in [1.29, 1.82) is 0 Å². The van der Waals surface area contributed by atoms with E-state index in [1.165, 1.54) is 0 Å². The molecular formula is C15H13NO2. The van der Waals surface area contributed by atoms with Crippen LogP contribution in [0.4, 0.5) is 11.4 Å². The summed E-state index contributed by atoms with van der Waals surface area (Å²) >= 11 is 0. The van der Waals surface area contributed by atoms with Crippen molar-refractivity contribution in [1.82, 2.24) is 0 Å². The Morgan fingerprint density at radius 2 is 1.28 bits per heavy atom. The summed E-state index contributed by atoms with van der Waals surface area (Å²) in [6.45, 7) is 0. The maximum atomic E-state index is 9.57. The molecule has 3 nitrogen and oxygen atoms in total. The van der Waals surface area contributed by atoms with Crippen LogP contribution in [-0.4, -0.2) is 17.3 Å². The van der Waals surface area contributed by atoms with Crippen LogP contribution in [0, 0.1) is 0 Å². The predicted molar refractivity (Wildman–Crippen MR) is 72.2 cm³/mol. The minimum absolute atomic E-state index is 0.485. The Morgan fingerprint density at radius 1 is 0.833 bits per heavy atom. The zero-order valence-corrected chi connectivity index (χ0v) is 9.96. The average Bonchev–Trinajstić information content (AvgIpc) is 2.39. The van der Waals surface area contributed by atoms with Crippen LogP contribution in [0.1, 0.15) is 11.1 Å². The summed E-state index contributed by atoms with van der Waals surface area (Å²) in [7, 11) is 1.98. The Hall–Kier alpha value is -2.42. The number of aliphatic hydroxyl groups excluding tert-OH is 1. The van der Waals surface area contributed by atoms with Gasteiger partial charge in [0.05, 0.1) is 5.57 Å². The number of hydrogen-bond donors (Lipinski definition) is 2. The molecule has 2 N–H and O–H groups in total. The van der Waals surface area contributed by atoms with Crippen molar-refractivity contribution in [3.8, 4) is 0 Å². The highest BCUT2D eigenvalue weighted by molar-refractivity contribution is 5.97. The van der Waals surface area contributed by atoms with Crippen LogP contribution in [0.5, 0.6) is 0 Å². The van der Waals surface area contributed by atoms with Crippen LogP contribution in [0.3, 0.4) is 0 Å². The van der Waals surface area contributed by atoms with Gasteiger partial charge in [0.25, 0.3) is 5.95 Å². The molecular weight excluding hydrogens is 226 g/mol. The lowest BCUT2D eigenvalue weighted by Gasteiger charge is -2.31. The van der Waals surface area contributed by atoms with E-state index in [0.29, 0.717) is 5.57 Å². The molecule has 2 aromatic rings. The molecule has 0 amide bonds. The molecule has 2 aromatic carbocycles. The predicted octanol–water partition coefficient (Wildman–Crippen LogP) is 3.60. The number of aliphatic hydroxyl groups is 2. The van der Waals surface area contributed by atoms with Crippen molar-refractivity contribution in [2.45, 2.75) is 0 Å². The summed E-state index contributed by atoms with van der Waals surface area (Å²) in [5.74, 6) is -0.636. The number of fused-ring (bicyclic) bond motifs is 2. The second-order valence-corrected chi connectivity index (χ2v) is 4.29. The van der Waals surface area contributed by atoms with E-state index in [-0.39, 0.29) is 0 Å². The minimum Gasteiger partial charge on any atom is -0.481 e. The van der Waals surface area contributed by atoms with E-state index in [0.717, 1.165) is 22.5 Å². The fourth-order valence-corrected chi connectivity index (χ4v) is 2.47. The van der Waals surface area contributed by atoms with Gasteiger partial charge >= 0.3 is 0 Å². The maximum absolute atomic E-state index is 9.57. The summed E-state index contributed by atoms with van der Waals surface area (Å²) in [6, 6.07) is 15.4. The molecule has 0 radical (unpaired) electrons. The molecule has 90 valence electrons. The Balaban J connectivity index is 2.38. The van der Waals surface area contributed by atoms with Crippen LogP contribution in [0.2, 0.25) is 0 Å². The Bertz CT molecular complexity index is 593. The van der Waals surface area contributed by atoms with Gasteiger partial charge in [-0.3, -0.25) is 0 Å². The third-order valence-corrected chi connectivity index (χ3v) is 3.29. The van der Waals surface area contributed by atoms with Crippen LogP contribution < -0.4 is 4.90 Å². The summed E-state index contributed by atoms with van der Waals surface area (Å²) in [6.07, 6.45) is 0. The smallest absolute Gasteiger partial charge is 0.283 e. The largest absolute Gasteiger partial charge is 0.481 e. The quantitative estimate of drug-likeness (QED) is 0.690. The molecule has 0 fully saturated rings. The van der Waals surface area contributed by atoms with E-state index in [9.17, 15) is 10.2 Å². The number of rotatable bonds is 0. The molecule has 0 bridgehead atoms. The molecule has 0 aliphatic carbocycles. The number of anilines is 2. The van der Waals surface area contributed by atoms with E-state index in [4.69, 9.17) is 0 Å². The molecule has 0 aromatic heterocycles. The standard InChI is InChI=1S/C15H13NO2/c1-16-12-8-4-2-6-10(12)14(15(17)18)11-7-3-5-9-13(11)16/h2-9,17-18H,1H3. The van der Waals surface area contributed by atoms with Crippen LogP contribution in [0.15, 0.2) is 54.5 Å². The third kappa shape index (κ3) is 1.37. The summed E-state index contributed by atoms with van der Waals surface area (Å²) < 4.78 is 0. The molecule has 0 saturated carbocycles. The first kappa shape index (κ1) is 10.7. The van der Waals surface area contributed by atoms with Crippen LogP contribution >= 0.6 is 0 Å². The number of nitrogens with zero attached hydrogens (tertiary/aromatic N) is 1. The molecule has 0 spiro atoms. The highest BCUT2D eigenvalue weighted by atomic mass is 16.5. The first-order chi connectivity index (χ1) is 8.70. The van der Waals surface area contributed by atoms with Gasteiger partial charge in [-0.25, -0.2) is 0 Å². The van der Waals surface area contributed by atoms with Gasteiger partial charge in [-0.15, -0.1) is 0 Å². The molecule has 18 heavy (non-hydrogen) atoms. The lowest BCUT2D eigenvalue weighted by atomic mass is 9.91. The lowest BCUT2D eigenvalue weighted by molar-refractivity contribution is 0.194. The highest BCUT2D eigenvalue weighted by Gasteiger charge is 2.26. The maximum Gasteiger partial charge on any atom is 0.283 e. The normalized spacial score (nSPS) is 12.9. The van der Waals surface area contributed by atoms with Crippen LogP contribution in [0.25, 0.3) is 5.57 Å². The van der Waals surface area contributed by atoms with Gasteiger partial charge in [0.1, 0.15) is 0 Å². The molecule has 0 atom stereocenters. The minimum atomic E-state index is -0.636. The summed E-state index contributed by atoms with van der Waals surface area (Å²) in [5, 5.41) is 19.1. The van der Waals surface area contributed by atoms with E-state index < -0.39 is 5.95 Å². The molecule has 3 rings (SSSR count). The van der Waals surface area contributed by atoms with Crippen molar-refractivity contribution < 1.29 is 10.2 Å². The summed E-state index contributed by atoms with van der Waals surface area (Å²) in [4.78, 5) is 2.05. The van der Waals surface area contributed by atoms with Gasteiger partial charge < -0.3 is 15.1 Å². The second kappa shape index (κ2) is 3.81. The fourth-order valence-electron chi connectivity index (χ4n) is 2.47. The van der Waals surface area contributed by atoms with Gasteiger partial charge in [0.15, 0.2) is 0 Å². The highest BCUT2D eigenvalue weighted by Crippen LogP contribution is 2.44. The lowest BCUT2D eigenvalue weighted by Crippen LogP contribution is -2.18. The Labute approximate surface area is 105 Å². The Kier molecular flexibility index (Phi) is 2.27. The van der Waals surface area contributed by atoms with Gasteiger partial charge in [-0.2, -0.15) is 0 Å². The van der Waals surface area contributed by atoms with Gasteiger partial charge in [-0.05, 0) is 12.1 Å². The van der Waals surface area contributed by atoms with Crippen molar-refractivity contribution in [3.63, 3.8) is 0 Å². The third-order valence-electron chi connectivity index (χ3n) is 3.29. The first-order valence-electron chi connectivity index (χ1n) is 5.75.